The predicted molar refractivity (Wildman–Crippen MR) is 38.4 cm³/mol. The van der Waals surface area contributed by atoms with Crippen LogP contribution in [0.3, 0.4) is 0 Å². The lowest BCUT2D eigenvalue weighted by Gasteiger charge is -2.19. The lowest BCUT2D eigenvalue weighted by Crippen LogP contribution is -2.23. The van der Waals surface area contributed by atoms with E-state index < -0.39 is 0 Å². The predicted octanol–water partition coefficient (Wildman–Crippen LogP) is 1.73. The molecule has 0 aromatic rings. The van der Waals surface area contributed by atoms with Crippen LogP contribution < -0.4 is 0 Å². The van der Waals surface area contributed by atoms with Crippen LogP contribution in [0.15, 0.2) is 0 Å². The Kier molecular flexibility index (Phi) is 3.86. The lowest BCUT2D eigenvalue weighted by molar-refractivity contribution is -0.408. The third-order valence-electron chi connectivity index (χ3n) is 0.766. The average molecular weight is 148 g/mol. The number of hydrogen-bond acceptors (Lipinski definition) is 3. The molecule has 0 saturated carbocycles. The minimum absolute atomic E-state index is 0.271. The Morgan fingerprint density at radius 1 is 1.20 bits per heavy atom. The molecule has 0 heterocycles. The van der Waals surface area contributed by atoms with Gasteiger partial charge in [0.25, 0.3) is 0 Å². The van der Waals surface area contributed by atoms with Gasteiger partial charge in [-0.1, -0.05) is 0 Å². The minimum atomic E-state index is -0.306. The van der Waals surface area contributed by atoms with Crippen molar-refractivity contribution in [1.29, 1.82) is 0 Å². The highest BCUT2D eigenvalue weighted by Crippen LogP contribution is 2.08. The third kappa shape index (κ3) is 6.01. The molecule has 0 aromatic carbocycles. The maximum atomic E-state index is 4.96. The zero-order chi connectivity index (χ0) is 8.20. The molecule has 0 amide bonds. The molecule has 0 rings (SSSR count). The Balaban J connectivity index is 3.36. The first-order valence-corrected chi connectivity index (χ1v) is 3.33. The van der Waals surface area contributed by atoms with Crippen molar-refractivity contribution in [2.75, 3.05) is 7.11 Å². The Morgan fingerprint density at radius 2 is 1.70 bits per heavy atom. The van der Waals surface area contributed by atoms with Gasteiger partial charge in [0.2, 0.25) is 0 Å². The summed E-state index contributed by atoms with van der Waals surface area (Å²) in [6, 6.07) is 0. The van der Waals surface area contributed by atoms with Crippen LogP contribution in [0.2, 0.25) is 0 Å². The summed E-state index contributed by atoms with van der Waals surface area (Å²) >= 11 is 0. The Labute approximate surface area is 62.2 Å². The van der Waals surface area contributed by atoms with Gasteiger partial charge < -0.3 is 4.74 Å². The highest BCUT2D eigenvalue weighted by Gasteiger charge is 2.13. The summed E-state index contributed by atoms with van der Waals surface area (Å²) in [4.78, 5) is 9.79. The van der Waals surface area contributed by atoms with Crippen LogP contribution in [0.25, 0.3) is 0 Å². The molecular formula is C7H16O3. The van der Waals surface area contributed by atoms with Gasteiger partial charge in [0.05, 0.1) is 5.60 Å². The van der Waals surface area contributed by atoms with Crippen LogP contribution in [0.1, 0.15) is 27.7 Å². The fourth-order valence-electron chi connectivity index (χ4n) is 0.251. The SMILES string of the molecule is COC(C)OOC(C)(C)C. The third-order valence-corrected chi connectivity index (χ3v) is 0.766. The van der Waals surface area contributed by atoms with E-state index in [4.69, 9.17) is 14.5 Å². The number of rotatable bonds is 3. The first-order chi connectivity index (χ1) is 4.45. The van der Waals surface area contributed by atoms with E-state index >= 15 is 0 Å². The van der Waals surface area contributed by atoms with Crippen molar-refractivity contribution in [3.8, 4) is 0 Å². The van der Waals surface area contributed by atoms with E-state index in [1.807, 2.05) is 20.8 Å². The van der Waals surface area contributed by atoms with Crippen LogP contribution in [0.5, 0.6) is 0 Å². The largest absolute Gasteiger partial charge is 0.353 e. The number of methoxy groups -OCH3 is 1. The maximum absolute atomic E-state index is 4.96. The monoisotopic (exact) mass is 148 g/mol. The van der Waals surface area contributed by atoms with Crippen LogP contribution in [0.4, 0.5) is 0 Å². The second kappa shape index (κ2) is 3.91. The fraction of sp³-hybridized carbons (Fsp3) is 1.00. The highest BCUT2D eigenvalue weighted by molar-refractivity contribution is 4.54. The standard InChI is InChI=1S/C7H16O3/c1-6(8-5)9-10-7(2,3)4/h6H,1-5H3. The van der Waals surface area contributed by atoms with Crippen molar-refractivity contribution in [2.24, 2.45) is 0 Å². The molecule has 1 unspecified atom stereocenters. The van der Waals surface area contributed by atoms with Crippen LogP contribution >= 0.6 is 0 Å². The Morgan fingerprint density at radius 3 is 2.00 bits per heavy atom. The van der Waals surface area contributed by atoms with E-state index in [2.05, 4.69) is 0 Å². The Bertz CT molecular complexity index is 85.3. The van der Waals surface area contributed by atoms with Crippen LogP contribution in [-0.2, 0) is 14.5 Å². The van der Waals surface area contributed by atoms with E-state index in [9.17, 15) is 0 Å². The molecule has 0 radical (unpaired) electrons. The molecule has 0 aromatic heterocycles. The van der Waals surface area contributed by atoms with Gasteiger partial charge >= 0.3 is 0 Å². The van der Waals surface area contributed by atoms with Crippen molar-refractivity contribution in [1.82, 2.24) is 0 Å². The summed E-state index contributed by atoms with van der Waals surface area (Å²) in [5.74, 6) is 0. The van der Waals surface area contributed by atoms with Gasteiger partial charge in [-0.05, 0) is 27.7 Å². The van der Waals surface area contributed by atoms with Gasteiger partial charge in [-0.2, -0.15) is 0 Å². The first kappa shape index (κ1) is 9.88. The summed E-state index contributed by atoms with van der Waals surface area (Å²) in [5.41, 5.74) is -0.271. The number of hydrogen-bond donors (Lipinski definition) is 0. The molecule has 0 aliphatic rings. The van der Waals surface area contributed by atoms with Crippen molar-refractivity contribution in [3.63, 3.8) is 0 Å². The first-order valence-electron chi connectivity index (χ1n) is 3.33. The van der Waals surface area contributed by atoms with Gasteiger partial charge in [0.15, 0.2) is 6.29 Å². The fourth-order valence-corrected chi connectivity index (χ4v) is 0.251. The van der Waals surface area contributed by atoms with Gasteiger partial charge in [0.1, 0.15) is 0 Å². The molecule has 1 atom stereocenters. The van der Waals surface area contributed by atoms with Crippen molar-refractivity contribution < 1.29 is 14.5 Å². The van der Waals surface area contributed by atoms with Gasteiger partial charge in [-0.25, -0.2) is 9.78 Å². The van der Waals surface area contributed by atoms with E-state index in [1.165, 1.54) is 0 Å². The normalized spacial score (nSPS) is 15.3. The van der Waals surface area contributed by atoms with Gasteiger partial charge in [-0.3, -0.25) is 0 Å². The topological polar surface area (TPSA) is 27.7 Å². The Hall–Kier alpha value is -0.120. The molecule has 0 N–H and O–H groups in total. The molecule has 0 bridgehead atoms. The maximum Gasteiger partial charge on any atom is 0.188 e. The van der Waals surface area contributed by atoms with Crippen LogP contribution in [0, 0.1) is 0 Å². The zero-order valence-electron chi connectivity index (χ0n) is 7.30. The van der Waals surface area contributed by atoms with E-state index in [0.717, 1.165) is 0 Å². The van der Waals surface area contributed by atoms with E-state index in [0.29, 0.717) is 0 Å². The second-order valence-corrected chi connectivity index (χ2v) is 3.10. The van der Waals surface area contributed by atoms with Crippen LogP contribution in [-0.4, -0.2) is 19.0 Å². The van der Waals surface area contributed by atoms with Crippen molar-refractivity contribution >= 4 is 0 Å². The smallest absolute Gasteiger partial charge is 0.188 e. The van der Waals surface area contributed by atoms with Crippen molar-refractivity contribution in [2.45, 2.75) is 39.6 Å². The highest BCUT2D eigenvalue weighted by atomic mass is 17.2. The van der Waals surface area contributed by atoms with E-state index in [-0.39, 0.29) is 11.9 Å². The molecule has 3 heteroatoms. The number of ether oxygens (including phenoxy) is 1. The summed E-state index contributed by atoms with van der Waals surface area (Å²) in [7, 11) is 1.57. The zero-order valence-corrected chi connectivity index (χ0v) is 7.30. The molecule has 0 spiro atoms. The summed E-state index contributed by atoms with van der Waals surface area (Å²) in [6.07, 6.45) is -0.306. The molecular weight excluding hydrogens is 132 g/mol. The lowest BCUT2D eigenvalue weighted by atomic mass is 10.2. The quantitative estimate of drug-likeness (QED) is 0.346. The summed E-state index contributed by atoms with van der Waals surface area (Å²) in [6.45, 7) is 7.51. The van der Waals surface area contributed by atoms with Crippen molar-refractivity contribution in [3.05, 3.63) is 0 Å². The molecule has 0 fully saturated rings. The molecule has 0 saturated heterocycles. The summed E-state index contributed by atoms with van der Waals surface area (Å²) < 4.78 is 4.80. The molecule has 3 nitrogen and oxygen atoms in total. The average Bonchev–Trinajstić information content (AvgIpc) is 1.81. The van der Waals surface area contributed by atoms with E-state index in [1.54, 1.807) is 14.0 Å². The molecule has 10 heavy (non-hydrogen) atoms. The molecule has 0 aliphatic heterocycles. The van der Waals surface area contributed by atoms with Gasteiger partial charge in [-0.15, -0.1) is 0 Å². The molecule has 62 valence electrons. The van der Waals surface area contributed by atoms with Gasteiger partial charge in [0, 0.05) is 7.11 Å². The molecule has 0 aliphatic carbocycles. The second-order valence-electron chi connectivity index (χ2n) is 3.10. The summed E-state index contributed by atoms with van der Waals surface area (Å²) in [5, 5.41) is 0. The minimum Gasteiger partial charge on any atom is -0.353 e.